The molecule has 1 saturated heterocycles. The first kappa shape index (κ1) is 16.7. The van der Waals surface area contributed by atoms with Crippen molar-refractivity contribution in [2.75, 3.05) is 42.9 Å². The largest absolute Gasteiger partial charge is 0.368 e. The fraction of sp³-hybridized carbons (Fsp3) is 0.333. The Morgan fingerprint density at radius 2 is 1.83 bits per heavy atom. The summed E-state index contributed by atoms with van der Waals surface area (Å²) in [6.45, 7) is 7.45. The molecule has 0 atom stereocenters. The summed E-state index contributed by atoms with van der Waals surface area (Å²) in [5.74, 6) is 0.356. The van der Waals surface area contributed by atoms with Crippen molar-refractivity contribution >= 4 is 29.0 Å². The average molecular weight is 345 g/mol. The first-order valence-corrected chi connectivity index (χ1v) is 8.54. The van der Waals surface area contributed by atoms with Crippen LogP contribution >= 0.6 is 11.6 Å². The molecule has 2 heterocycles. The van der Waals surface area contributed by atoms with Gasteiger partial charge in [0.15, 0.2) is 0 Å². The summed E-state index contributed by atoms with van der Waals surface area (Å²) in [6, 6.07) is 10.6. The highest BCUT2D eigenvalue weighted by atomic mass is 35.5. The van der Waals surface area contributed by atoms with Crippen LogP contribution in [-0.4, -0.2) is 48.5 Å². The maximum Gasteiger partial charge on any atom is 0.256 e. The molecule has 24 heavy (non-hydrogen) atoms. The molecule has 1 aromatic heterocycles. The molecule has 0 bridgehead atoms. The number of likely N-dealkylation sites (N-methyl/N-ethyl adjacent to an activating group) is 1. The van der Waals surface area contributed by atoms with Crippen LogP contribution in [0.15, 0.2) is 42.6 Å². The minimum atomic E-state index is -0.191. The lowest BCUT2D eigenvalue weighted by Crippen LogP contribution is -2.46. The molecule has 1 fully saturated rings. The van der Waals surface area contributed by atoms with E-state index < -0.39 is 0 Å². The van der Waals surface area contributed by atoms with E-state index in [2.05, 4.69) is 27.0 Å². The summed E-state index contributed by atoms with van der Waals surface area (Å²) in [7, 11) is 0. The number of carbonyl (C=O) groups excluding carboxylic acids is 1. The Hall–Kier alpha value is -2.11. The van der Waals surface area contributed by atoms with Crippen LogP contribution in [0.3, 0.4) is 0 Å². The van der Waals surface area contributed by atoms with Crippen LogP contribution in [0.2, 0.25) is 5.02 Å². The minimum absolute atomic E-state index is 0.191. The molecule has 126 valence electrons. The lowest BCUT2D eigenvalue weighted by atomic mass is 10.2. The van der Waals surface area contributed by atoms with Crippen LogP contribution in [0.5, 0.6) is 0 Å². The number of benzene rings is 1. The number of hydrogen-bond donors (Lipinski definition) is 1. The van der Waals surface area contributed by atoms with E-state index in [1.807, 2.05) is 18.3 Å². The first-order valence-electron chi connectivity index (χ1n) is 8.16. The van der Waals surface area contributed by atoms with E-state index in [1.165, 1.54) is 0 Å². The van der Waals surface area contributed by atoms with Crippen molar-refractivity contribution in [3.63, 3.8) is 0 Å². The van der Waals surface area contributed by atoms with Crippen LogP contribution in [-0.2, 0) is 0 Å². The molecule has 0 radical (unpaired) electrons. The van der Waals surface area contributed by atoms with Crippen LogP contribution in [0.4, 0.5) is 11.5 Å². The third-order valence-corrected chi connectivity index (χ3v) is 4.53. The monoisotopic (exact) mass is 344 g/mol. The second kappa shape index (κ2) is 7.64. The van der Waals surface area contributed by atoms with Gasteiger partial charge in [0.2, 0.25) is 0 Å². The van der Waals surface area contributed by atoms with Crippen molar-refractivity contribution in [2.45, 2.75) is 6.92 Å². The van der Waals surface area contributed by atoms with Gasteiger partial charge in [0.1, 0.15) is 5.82 Å². The van der Waals surface area contributed by atoms with E-state index in [0.717, 1.165) is 38.4 Å². The average Bonchev–Trinajstić information content (AvgIpc) is 2.63. The van der Waals surface area contributed by atoms with Crippen molar-refractivity contribution in [1.29, 1.82) is 0 Å². The number of amides is 1. The lowest BCUT2D eigenvalue weighted by molar-refractivity contribution is 0.102. The third-order valence-electron chi connectivity index (χ3n) is 4.28. The zero-order valence-electron chi connectivity index (χ0n) is 13.7. The highest BCUT2D eigenvalue weighted by Gasteiger charge is 2.16. The molecule has 6 heteroatoms. The van der Waals surface area contributed by atoms with E-state index in [4.69, 9.17) is 11.6 Å². The number of anilines is 2. The van der Waals surface area contributed by atoms with Gasteiger partial charge in [-0.1, -0.05) is 18.5 Å². The Balaban J connectivity index is 1.60. The van der Waals surface area contributed by atoms with Crippen molar-refractivity contribution in [3.05, 3.63) is 53.2 Å². The Morgan fingerprint density at radius 3 is 2.42 bits per heavy atom. The van der Waals surface area contributed by atoms with E-state index in [1.54, 1.807) is 24.3 Å². The highest BCUT2D eigenvalue weighted by Crippen LogP contribution is 2.18. The summed E-state index contributed by atoms with van der Waals surface area (Å²) in [4.78, 5) is 21.3. The molecule has 3 rings (SSSR count). The second-order valence-electron chi connectivity index (χ2n) is 5.78. The van der Waals surface area contributed by atoms with Gasteiger partial charge in [0.05, 0.1) is 11.9 Å². The SMILES string of the molecule is CCN1CCN(c2ccc(NC(=O)c3ccc(Cl)cc3)nc2)CC1. The summed E-state index contributed by atoms with van der Waals surface area (Å²) in [5, 5.41) is 3.41. The summed E-state index contributed by atoms with van der Waals surface area (Å²) in [5.41, 5.74) is 1.65. The molecular formula is C18H21ClN4O. The molecule has 1 aliphatic rings. The molecule has 5 nitrogen and oxygen atoms in total. The predicted octanol–water partition coefficient (Wildman–Crippen LogP) is 3.13. The maximum absolute atomic E-state index is 12.2. The van der Waals surface area contributed by atoms with E-state index >= 15 is 0 Å². The van der Waals surface area contributed by atoms with Crippen molar-refractivity contribution < 1.29 is 4.79 Å². The Morgan fingerprint density at radius 1 is 1.12 bits per heavy atom. The molecule has 1 aliphatic heterocycles. The van der Waals surface area contributed by atoms with Crippen LogP contribution in [0.25, 0.3) is 0 Å². The first-order chi connectivity index (χ1) is 11.7. The fourth-order valence-electron chi connectivity index (χ4n) is 2.76. The van der Waals surface area contributed by atoms with E-state index in [0.29, 0.717) is 16.4 Å². The van der Waals surface area contributed by atoms with E-state index in [-0.39, 0.29) is 5.91 Å². The van der Waals surface area contributed by atoms with Gasteiger partial charge in [-0.3, -0.25) is 4.79 Å². The smallest absolute Gasteiger partial charge is 0.256 e. The van der Waals surface area contributed by atoms with Gasteiger partial charge in [-0.2, -0.15) is 0 Å². The molecule has 0 unspecified atom stereocenters. The third kappa shape index (κ3) is 4.04. The quantitative estimate of drug-likeness (QED) is 0.925. The fourth-order valence-corrected chi connectivity index (χ4v) is 2.89. The number of halogens is 1. The normalized spacial score (nSPS) is 15.3. The van der Waals surface area contributed by atoms with Gasteiger partial charge in [-0.25, -0.2) is 4.98 Å². The number of hydrogen-bond acceptors (Lipinski definition) is 4. The molecular weight excluding hydrogens is 324 g/mol. The Kier molecular flexibility index (Phi) is 5.33. The van der Waals surface area contributed by atoms with Gasteiger partial charge in [-0.05, 0) is 42.9 Å². The molecule has 0 spiro atoms. The number of pyridine rings is 1. The van der Waals surface area contributed by atoms with Crippen LogP contribution in [0.1, 0.15) is 17.3 Å². The molecule has 0 aliphatic carbocycles. The van der Waals surface area contributed by atoms with Crippen LogP contribution in [0, 0.1) is 0 Å². The van der Waals surface area contributed by atoms with Gasteiger partial charge in [0.25, 0.3) is 5.91 Å². The summed E-state index contributed by atoms with van der Waals surface area (Å²) < 4.78 is 0. The molecule has 2 aromatic rings. The molecule has 0 saturated carbocycles. The second-order valence-corrected chi connectivity index (χ2v) is 6.22. The van der Waals surface area contributed by atoms with E-state index in [9.17, 15) is 4.79 Å². The number of aromatic nitrogens is 1. The number of nitrogens with one attached hydrogen (secondary N) is 1. The van der Waals surface area contributed by atoms with Crippen molar-refractivity contribution in [1.82, 2.24) is 9.88 Å². The number of nitrogens with zero attached hydrogens (tertiary/aromatic N) is 3. The van der Waals surface area contributed by atoms with Gasteiger partial charge < -0.3 is 15.1 Å². The Bertz CT molecular complexity index is 679. The van der Waals surface area contributed by atoms with Gasteiger partial charge >= 0.3 is 0 Å². The highest BCUT2D eigenvalue weighted by molar-refractivity contribution is 6.30. The summed E-state index contributed by atoms with van der Waals surface area (Å²) >= 11 is 5.83. The standard InChI is InChI=1S/C18H21ClN4O/c1-2-22-9-11-23(12-10-22)16-7-8-17(20-13-16)21-18(24)14-3-5-15(19)6-4-14/h3-8,13H,2,9-12H2,1H3,(H,20,21,24). The zero-order chi connectivity index (χ0) is 16.9. The zero-order valence-corrected chi connectivity index (χ0v) is 14.5. The maximum atomic E-state index is 12.2. The van der Waals surface area contributed by atoms with Gasteiger partial charge in [0, 0.05) is 36.8 Å². The minimum Gasteiger partial charge on any atom is -0.368 e. The Labute approximate surface area is 147 Å². The predicted molar refractivity (Wildman–Crippen MR) is 98.0 cm³/mol. The van der Waals surface area contributed by atoms with Gasteiger partial charge in [-0.15, -0.1) is 0 Å². The number of rotatable bonds is 4. The molecule has 1 aromatic carbocycles. The number of piperazine rings is 1. The lowest BCUT2D eigenvalue weighted by Gasteiger charge is -2.35. The van der Waals surface area contributed by atoms with Crippen molar-refractivity contribution in [3.8, 4) is 0 Å². The number of carbonyl (C=O) groups is 1. The van der Waals surface area contributed by atoms with Crippen LogP contribution < -0.4 is 10.2 Å². The topological polar surface area (TPSA) is 48.5 Å². The molecule has 1 N–H and O–H groups in total. The summed E-state index contributed by atoms with van der Waals surface area (Å²) in [6.07, 6.45) is 1.82. The van der Waals surface area contributed by atoms with Crippen molar-refractivity contribution in [2.24, 2.45) is 0 Å². The molecule has 1 amide bonds.